The van der Waals surface area contributed by atoms with E-state index in [0.29, 0.717) is 24.2 Å². The third-order valence-corrected chi connectivity index (χ3v) is 4.38. The number of halogens is 1. The van der Waals surface area contributed by atoms with E-state index >= 15 is 0 Å². The second-order valence-electron chi connectivity index (χ2n) is 6.02. The molecule has 1 aliphatic heterocycles. The van der Waals surface area contributed by atoms with Gasteiger partial charge in [-0.15, -0.1) is 0 Å². The summed E-state index contributed by atoms with van der Waals surface area (Å²) in [6, 6.07) is 1.74. The number of nitrogens with zero attached hydrogens (tertiary/aromatic N) is 6. The van der Waals surface area contributed by atoms with E-state index in [1.807, 2.05) is 18.1 Å². The summed E-state index contributed by atoms with van der Waals surface area (Å²) in [5.41, 5.74) is 0.830. The topological polar surface area (TPSA) is 67.2 Å². The minimum Gasteiger partial charge on any atom is -0.345 e. The molecule has 2 aliphatic rings. The SMILES string of the molecule is Cn1cc(N2CCN(c3cc(Cl)nc(C4CC4)n3)CC2=O)cn1. The molecule has 1 saturated carbocycles. The quantitative estimate of drug-likeness (QED) is 0.799. The molecule has 1 saturated heterocycles. The van der Waals surface area contributed by atoms with Crippen LogP contribution in [0.25, 0.3) is 0 Å². The molecule has 0 unspecified atom stereocenters. The maximum absolute atomic E-state index is 12.5. The van der Waals surface area contributed by atoms with Gasteiger partial charge in [0.05, 0.1) is 18.4 Å². The largest absolute Gasteiger partial charge is 0.345 e. The molecule has 1 aliphatic carbocycles. The Morgan fingerprint density at radius 1 is 1.26 bits per heavy atom. The van der Waals surface area contributed by atoms with Crippen molar-refractivity contribution in [3.8, 4) is 0 Å². The Balaban J connectivity index is 1.53. The van der Waals surface area contributed by atoms with Crippen LogP contribution in [0, 0.1) is 0 Å². The highest BCUT2D eigenvalue weighted by Crippen LogP contribution is 2.39. The van der Waals surface area contributed by atoms with E-state index in [2.05, 4.69) is 15.1 Å². The predicted octanol–water partition coefficient (Wildman–Crippen LogP) is 1.59. The number of anilines is 2. The molecular formula is C15H17ClN6O. The second-order valence-corrected chi connectivity index (χ2v) is 6.41. The summed E-state index contributed by atoms with van der Waals surface area (Å²) in [5.74, 6) is 2.01. The van der Waals surface area contributed by atoms with Crippen LogP contribution in [-0.4, -0.2) is 45.3 Å². The molecule has 2 aromatic rings. The molecule has 1 amide bonds. The lowest BCUT2D eigenvalue weighted by molar-refractivity contribution is -0.117. The Kier molecular flexibility index (Phi) is 3.45. The summed E-state index contributed by atoms with van der Waals surface area (Å²) in [6.45, 7) is 1.59. The molecule has 4 rings (SSSR count). The number of hydrogen-bond donors (Lipinski definition) is 0. The van der Waals surface area contributed by atoms with Gasteiger partial charge in [-0.05, 0) is 12.8 Å². The average molecular weight is 333 g/mol. The van der Waals surface area contributed by atoms with Crippen LogP contribution in [0.1, 0.15) is 24.6 Å². The van der Waals surface area contributed by atoms with E-state index in [4.69, 9.17) is 11.6 Å². The summed E-state index contributed by atoms with van der Waals surface area (Å²) in [7, 11) is 1.84. The molecule has 2 fully saturated rings. The fourth-order valence-electron chi connectivity index (χ4n) is 2.80. The molecule has 3 heterocycles. The fraction of sp³-hybridized carbons (Fsp3) is 0.467. The van der Waals surface area contributed by atoms with E-state index in [1.54, 1.807) is 21.8 Å². The number of carbonyl (C=O) groups is 1. The molecule has 0 aromatic carbocycles. The summed E-state index contributed by atoms with van der Waals surface area (Å²) in [4.78, 5) is 25.1. The smallest absolute Gasteiger partial charge is 0.246 e. The first kappa shape index (κ1) is 14.4. The number of amides is 1. The van der Waals surface area contributed by atoms with Gasteiger partial charge in [0, 0.05) is 38.3 Å². The zero-order chi connectivity index (χ0) is 16.0. The summed E-state index contributed by atoms with van der Waals surface area (Å²) in [5, 5.41) is 4.57. The fourth-order valence-corrected chi connectivity index (χ4v) is 2.98. The van der Waals surface area contributed by atoms with E-state index in [1.165, 1.54) is 0 Å². The minimum atomic E-state index is 0.0342. The maximum Gasteiger partial charge on any atom is 0.246 e. The molecule has 0 N–H and O–H groups in total. The average Bonchev–Trinajstić information content (AvgIpc) is 3.29. The highest BCUT2D eigenvalue weighted by atomic mass is 35.5. The highest BCUT2D eigenvalue weighted by molar-refractivity contribution is 6.29. The van der Waals surface area contributed by atoms with Gasteiger partial charge >= 0.3 is 0 Å². The van der Waals surface area contributed by atoms with Crippen molar-refractivity contribution in [1.82, 2.24) is 19.7 Å². The van der Waals surface area contributed by atoms with Crippen molar-refractivity contribution in [2.75, 3.05) is 29.4 Å². The number of piperazine rings is 1. The maximum atomic E-state index is 12.5. The normalized spacial score (nSPS) is 18.6. The van der Waals surface area contributed by atoms with E-state index < -0.39 is 0 Å². The van der Waals surface area contributed by atoms with Gasteiger partial charge in [0.1, 0.15) is 16.8 Å². The lowest BCUT2D eigenvalue weighted by Gasteiger charge is -2.34. The minimum absolute atomic E-state index is 0.0342. The van der Waals surface area contributed by atoms with Crippen molar-refractivity contribution in [1.29, 1.82) is 0 Å². The first-order chi connectivity index (χ1) is 11.1. The van der Waals surface area contributed by atoms with Crippen LogP contribution < -0.4 is 9.80 Å². The lowest BCUT2D eigenvalue weighted by atomic mass is 10.2. The molecular weight excluding hydrogens is 316 g/mol. The van der Waals surface area contributed by atoms with Crippen molar-refractivity contribution in [3.63, 3.8) is 0 Å². The molecule has 120 valence electrons. The van der Waals surface area contributed by atoms with Crippen molar-refractivity contribution in [3.05, 3.63) is 29.4 Å². The number of carbonyl (C=O) groups excluding carboxylic acids is 1. The standard InChI is InChI=1S/C15H17ClN6O/c1-20-8-11(7-17-20)22-5-4-21(9-14(22)23)13-6-12(16)18-15(19-13)10-2-3-10/h6-8,10H,2-5,9H2,1H3. The van der Waals surface area contributed by atoms with Crippen LogP contribution in [-0.2, 0) is 11.8 Å². The molecule has 23 heavy (non-hydrogen) atoms. The Labute approximate surface area is 138 Å². The van der Waals surface area contributed by atoms with Gasteiger partial charge in [-0.1, -0.05) is 11.6 Å². The van der Waals surface area contributed by atoms with Crippen LogP contribution in [0.5, 0.6) is 0 Å². The zero-order valence-corrected chi connectivity index (χ0v) is 13.6. The number of aryl methyl sites for hydroxylation is 1. The van der Waals surface area contributed by atoms with E-state index in [0.717, 1.165) is 30.2 Å². The molecule has 7 nitrogen and oxygen atoms in total. The van der Waals surface area contributed by atoms with E-state index in [-0.39, 0.29) is 12.5 Å². The summed E-state index contributed by atoms with van der Waals surface area (Å²) in [6.07, 6.45) is 5.79. The second kappa shape index (κ2) is 5.49. The first-order valence-electron chi connectivity index (χ1n) is 7.68. The predicted molar refractivity (Wildman–Crippen MR) is 86.8 cm³/mol. The van der Waals surface area contributed by atoms with Gasteiger partial charge in [-0.25, -0.2) is 9.97 Å². The Bertz CT molecular complexity index is 756. The van der Waals surface area contributed by atoms with Crippen LogP contribution in [0.15, 0.2) is 18.5 Å². The van der Waals surface area contributed by atoms with E-state index in [9.17, 15) is 4.79 Å². The number of rotatable bonds is 3. The summed E-state index contributed by atoms with van der Waals surface area (Å²) < 4.78 is 1.70. The lowest BCUT2D eigenvalue weighted by Crippen LogP contribution is -2.50. The van der Waals surface area contributed by atoms with Gasteiger partial charge in [-0.3, -0.25) is 9.48 Å². The molecule has 0 spiro atoms. The molecule has 2 aromatic heterocycles. The van der Waals surface area contributed by atoms with Crippen LogP contribution in [0.3, 0.4) is 0 Å². The molecule has 8 heteroatoms. The van der Waals surface area contributed by atoms with Crippen LogP contribution in [0.4, 0.5) is 11.5 Å². The van der Waals surface area contributed by atoms with Crippen molar-refractivity contribution < 1.29 is 4.79 Å². The number of aromatic nitrogens is 4. The third-order valence-electron chi connectivity index (χ3n) is 4.19. The van der Waals surface area contributed by atoms with Gasteiger partial charge in [0.2, 0.25) is 5.91 Å². The molecule has 0 atom stereocenters. The van der Waals surface area contributed by atoms with Crippen molar-refractivity contribution in [2.45, 2.75) is 18.8 Å². The Hall–Kier alpha value is -2.15. The third kappa shape index (κ3) is 2.88. The number of hydrogen-bond acceptors (Lipinski definition) is 5. The Morgan fingerprint density at radius 2 is 2.09 bits per heavy atom. The monoisotopic (exact) mass is 332 g/mol. The zero-order valence-electron chi connectivity index (χ0n) is 12.8. The van der Waals surface area contributed by atoms with Gasteiger partial charge < -0.3 is 9.80 Å². The molecule has 0 bridgehead atoms. The van der Waals surface area contributed by atoms with Gasteiger partial charge in [-0.2, -0.15) is 5.10 Å². The van der Waals surface area contributed by atoms with Crippen LogP contribution >= 0.6 is 11.6 Å². The van der Waals surface area contributed by atoms with Crippen LogP contribution in [0.2, 0.25) is 5.15 Å². The van der Waals surface area contributed by atoms with Gasteiger partial charge in [0.25, 0.3) is 0 Å². The summed E-state index contributed by atoms with van der Waals surface area (Å²) >= 11 is 6.12. The Morgan fingerprint density at radius 3 is 2.74 bits per heavy atom. The molecule has 0 radical (unpaired) electrons. The van der Waals surface area contributed by atoms with Crippen molar-refractivity contribution in [2.24, 2.45) is 7.05 Å². The first-order valence-corrected chi connectivity index (χ1v) is 8.06. The van der Waals surface area contributed by atoms with Crippen molar-refractivity contribution >= 4 is 29.0 Å². The highest BCUT2D eigenvalue weighted by Gasteiger charge is 2.30. The van der Waals surface area contributed by atoms with Gasteiger partial charge in [0.15, 0.2) is 0 Å².